The number of nitrogens with zero attached hydrogens (tertiary/aromatic N) is 2. The molecular formula is C19H26N2S2. The smallest absolute Gasteiger partial charge is 0.0945 e. The second-order valence-corrected chi connectivity index (χ2v) is 10.2. The van der Waals surface area contributed by atoms with Crippen LogP contribution in [0.15, 0.2) is 43.0 Å². The largest absolute Gasteiger partial charge is 0.337 e. The Morgan fingerprint density at radius 2 is 1.83 bits per heavy atom. The molecule has 0 radical (unpaired) electrons. The van der Waals surface area contributed by atoms with Gasteiger partial charge in [0.2, 0.25) is 0 Å². The zero-order valence-electron chi connectivity index (χ0n) is 14.3. The second kappa shape index (κ2) is 6.94. The van der Waals surface area contributed by atoms with Gasteiger partial charge in [-0.05, 0) is 40.9 Å². The van der Waals surface area contributed by atoms with E-state index in [2.05, 4.69) is 84.3 Å². The lowest BCUT2D eigenvalue weighted by atomic mass is 9.86. The molecule has 0 N–H and O–H groups in total. The Bertz CT molecular complexity index is 606. The zero-order chi connectivity index (χ0) is 16.3. The van der Waals surface area contributed by atoms with Crippen molar-refractivity contribution in [3.63, 3.8) is 0 Å². The molecule has 1 aliphatic rings. The van der Waals surface area contributed by atoms with Crippen LogP contribution in [-0.2, 0) is 16.0 Å². The molecule has 3 rings (SSSR count). The van der Waals surface area contributed by atoms with Crippen LogP contribution in [0, 0.1) is 0 Å². The van der Waals surface area contributed by atoms with E-state index < -0.39 is 0 Å². The molecule has 0 unspecified atom stereocenters. The summed E-state index contributed by atoms with van der Waals surface area (Å²) >= 11 is 4.26. The third-order valence-electron chi connectivity index (χ3n) is 4.41. The van der Waals surface area contributed by atoms with Gasteiger partial charge >= 0.3 is 0 Å². The predicted molar refractivity (Wildman–Crippen MR) is 103 cm³/mol. The fraction of sp³-hybridized carbons (Fsp3) is 0.526. The van der Waals surface area contributed by atoms with E-state index in [1.165, 1.54) is 29.1 Å². The number of benzene rings is 1. The number of aromatic nitrogens is 2. The third kappa shape index (κ3) is 3.97. The maximum Gasteiger partial charge on any atom is 0.0945 e. The quantitative estimate of drug-likeness (QED) is 0.749. The van der Waals surface area contributed by atoms with Crippen LogP contribution in [0.2, 0.25) is 0 Å². The molecule has 4 heteroatoms. The van der Waals surface area contributed by atoms with Gasteiger partial charge in [0.25, 0.3) is 0 Å². The zero-order valence-corrected chi connectivity index (χ0v) is 15.9. The standard InChI is InChI=1S/C19H26N2S2/c1-18(2,3)16-5-7-17(8-6-16)19(22-13-4-14-23-19)9-11-21-12-10-20-15-21/h5-8,10,12,15H,4,9,11,13-14H2,1-3H3. The van der Waals surface area contributed by atoms with Crippen molar-refractivity contribution in [2.45, 2.75) is 49.7 Å². The molecule has 0 spiro atoms. The van der Waals surface area contributed by atoms with Crippen LogP contribution in [0.5, 0.6) is 0 Å². The summed E-state index contributed by atoms with van der Waals surface area (Å²) in [4.78, 5) is 4.17. The van der Waals surface area contributed by atoms with Crippen molar-refractivity contribution >= 4 is 23.5 Å². The summed E-state index contributed by atoms with van der Waals surface area (Å²) in [6.45, 7) is 7.86. The molecular weight excluding hydrogens is 320 g/mol. The van der Waals surface area contributed by atoms with Gasteiger partial charge in [-0.2, -0.15) is 0 Å². The van der Waals surface area contributed by atoms with Crippen molar-refractivity contribution in [2.75, 3.05) is 11.5 Å². The fourth-order valence-electron chi connectivity index (χ4n) is 2.95. The normalized spacial score (nSPS) is 18.0. The first-order valence-electron chi connectivity index (χ1n) is 8.34. The van der Waals surface area contributed by atoms with Crippen molar-refractivity contribution in [3.8, 4) is 0 Å². The van der Waals surface area contributed by atoms with Crippen molar-refractivity contribution in [2.24, 2.45) is 0 Å². The average Bonchev–Trinajstić information content (AvgIpc) is 3.07. The third-order valence-corrected chi connectivity index (χ3v) is 7.91. The van der Waals surface area contributed by atoms with Crippen molar-refractivity contribution in [3.05, 3.63) is 54.1 Å². The Morgan fingerprint density at radius 1 is 1.13 bits per heavy atom. The van der Waals surface area contributed by atoms with E-state index in [0.717, 1.165) is 13.0 Å². The molecule has 1 aromatic heterocycles. The summed E-state index contributed by atoms with van der Waals surface area (Å²) in [5.74, 6) is 2.52. The van der Waals surface area contributed by atoms with Gasteiger partial charge in [0.1, 0.15) is 0 Å². The van der Waals surface area contributed by atoms with E-state index in [0.29, 0.717) is 0 Å². The highest BCUT2D eigenvalue weighted by Crippen LogP contribution is 2.53. The van der Waals surface area contributed by atoms with Gasteiger partial charge < -0.3 is 4.57 Å². The molecule has 0 aliphatic carbocycles. The molecule has 1 aromatic carbocycles. The van der Waals surface area contributed by atoms with Crippen molar-refractivity contribution in [1.82, 2.24) is 9.55 Å². The van der Waals surface area contributed by atoms with E-state index in [4.69, 9.17) is 0 Å². The highest BCUT2D eigenvalue weighted by molar-refractivity contribution is 8.18. The molecule has 23 heavy (non-hydrogen) atoms. The summed E-state index contributed by atoms with van der Waals surface area (Å²) in [5.41, 5.74) is 3.10. The molecule has 2 heterocycles. The minimum Gasteiger partial charge on any atom is -0.337 e. The summed E-state index contributed by atoms with van der Waals surface area (Å²) in [5, 5.41) is 0. The molecule has 1 fully saturated rings. The number of hydrogen-bond acceptors (Lipinski definition) is 3. The molecule has 0 bridgehead atoms. The molecule has 0 saturated carbocycles. The summed E-state index contributed by atoms with van der Waals surface area (Å²) in [6.07, 6.45) is 8.32. The number of imidazole rings is 1. The highest BCUT2D eigenvalue weighted by atomic mass is 32.2. The van der Waals surface area contributed by atoms with Crippen LogP contribution in [0.4, 0.5) is 0 Å². The maximum absolute atomic E-state index is 4.17. The topological polar surface area (TPSA) is 17.8 Å². The van der Waals surface area contributed by atoms with Gasteiger partial charge in [-0.1, -0.05) is 45.0 Å². The lowest BCUT2D eigenvalue weighted by Gasteiger charge is -2.37. The first-order chi connectivity index (χ1) is 11.0. The number of aryl methyl sites for hydroxylation is 1. The van der Waals surface area contributed by atoms with E-state index in [-0.39, 0.29) is 9.49 Å². The van der Waals surface area contributed by atoms with Crippen molar-refractivity contribution in [1.29, 1.82) is 0 Å². The van der Waals surface area contributed by atoms with Gasteiger partial charge in [0.15, 0.2) is 0 Å². The lowest BCUT2D eigenvalue weighted by Crippen LogP contribution is -2.25. The minimum absolute atomic E-state index is 0.193. The first-order valence-corrected chi connectivity index (χ1v) is 10.3. The lowest BCUT2D eigenvalue weighted by molar-refractivity contribution is 0.587. The summed E-state index contributed by atoms with van der Waals surface area (Å²) in [7, 11) is 0. The summed E-state index contributed by atoms with van der Waals surface area (Å²) in [6, 6.07) is 9.37. The molecule has 0 amide bonds. The number of rotatable bonds is 4. The van der Waals surface area contributed by atoms with Crippen LogP contribution in [0.25, 0.3) is 0 Å². The van der Waals surface area contributed by atoms with Crippen LogP contribution in [0.1, 0.15) is 44.7 Å². The second-order valence-electron chi connectivity index (χ2n) is 7.18. The first kappa shape index (κ1) is 17.0. The molecule has 2 aromatic rings. The molecule has 124 valence electrons. The maximum atomic E-state index is 4.17. The molecule has 2 nitrogen and oxygen atoms in total. The van der Waals surface area contributed by atoms with Gasteiger partial charge in [-0.25, -0.2) is 4.98 Å². The highest BCUT2D eigenvalue weighted by Gasteiger charge is 2.35. The number of thioether (sulfide) groups is 2. The molecule has 1 saturated heterocycles. The monoisotopic (exact) mass is 346 g/mol. The van der Waals surface area contributed by atoms with E-state index >= 15 is 0 Å². The molecule has 0 atom stereocenters. The average molecular weight is 347 g/mol. The van der Waals surface area contributed by atoms with Gasteiger partial charge in [0.05, 0.1) is 10.4 Å². The van der Waals surface area contributed by atoms with Crippen LogP contribution < -0.4 is 0 Å². The van der Waals surface area contributed by atoms with E-state index in [9.17, 15) is 0 Å². The Kier molecular flexibility index (Phi) is 5.12. The van der Waals surface area contributed by atoms with Crippen molar-refractivity contribution < 1.29 is 0 Å². The summed E-state index contributed by atoms with van der Waals surface area (Å²) < 4.78 is 2.39. The number of hydrogen-bond donors (Lipinski definition) is 0. The van der Waals surface area contributed by atoms with E-state index in [1.54, 1.807) is 0 Å². The SMILES string of the molecule is CC(C)(C)c1ccc(C2(CCn3ccnc3)SCCCS2)cc1. The van der Waals surface area contributed by atoms with Gasteiger partial charge in [-0.3, -0.25) is 0 Å². The Morgan fingerprint density at radius 3 is 2.39 bits per heavy atom. The minimum atomic E-state index is 0.193. The Hall–Kier alpha value is -0.870. The fourth-order valence-corrected chi connectivity index (χ4v) is 6.28. The van der Waals surface area contributed by atoms with Crippen LogP contribution in [0.3, 0.4) is 0 Å². The van der Waals surface area contributed by atoms with Gasteiger partial charge in [0, 0.05) is 18.9 Å². The van der Waals surface area contributed by atoms with Gasteiger partial charge in [-0.15, -0.1) is 23.5 Å². The molecule has 1 aliphatic heterocycles. The predicted octanol–water partition coefficient (Wildman–Crippen LogP) is 5.29. The Balaban J connectivity index is 1.83. The van der Waals surface area contributed by atoms with E-state index in [1.807, 2.05) is 12.5 Å². The van der Waals surface area contributed by atoms with Crippen LogP contribution in [-0.4, -0.2) is 21.1 Å². The Labute approximate surface area is 148 Å². The van der Waals surface area contributed by atoms with Crippen LogP contribution >= 0.6 is 23.5 Å².